The van der Waals surface area contributed by atoms with E-state index in [2.05, 4.69) is 10.6 Å². The quantitative estimate of drug-likeness (QED) is 0.547. The number of carbonyl (C=O) groups is 5. The van der Waals surface area contributed by atoms with Gasteiger partial charge in [-0.05, 0) is 25.0 Å². The number of benzene rings is 1. The van der Waals surface area contributed by atoms with Gasteiger partial charge >= 0.3 is 6.03 Å². The molecule has 2 fully saturated rings. The van der Waals surface area contributed by atoms with E-state index in [1.54, 1.807) is 24.3 Å². The van der Waals surface area contributed by atoms with Crippen LogP contribution in [-0.4, -0.2) is 64.6 Å². The van der Waals surface area contributed by atoms with Gasteiger partial charge in [-0.25, -0.2) is 4.79 Å². The molecule has 2 saturated heterocycles. The van der Waals surface area contributed by atoms with Crippen LogP contribution in [0, 0.1) is 0 Å². The molecule has 0 aliphatic carbocycles. The molecule has 1 aromatic rings. The highest BCUT2D eigenvalue weighted by Crippen LogP contribution is 2.26. The molecule has 0 bridgehead atoms. The van der Waals surface area contributed by atoms with E-state index in [0.717, 1.165) is 4.90 Å². The van der Waals surface area contributed by atoms with Gasteiger partial charge in [-0.2, -0.15) is 0 Å². The number of piperidine rings is 1. The summed E-state index contributed by atoms with van der Waals surface area (Å²) in [6, 6.07) is 5.93. The fraction of sp³-hybridized carbons (Fsp3) is 0.353. The van der Waals surface area contributed by atoms with Gasteiger partial charge in [0, 0.05) is 13.1 Å². The third kappa shape index (κ3) is 2.35. The molecule has 2 N–H and O–H groups in total. The fourth-order valence-corrected chi connectivity index (χ4v) is 3.64. The van der Waals surface area contributed by atoms with Gasteiger partial charge in [-0.15, -0.1) is 0 Å². The third-order valence-electron chi connectivity index (χ3n) is 5.16. The number of carbonyl (C=O) groups excluding carboxylic acids is 5. The average molecular weight is 356 g/mol. The second-order valence-corrected chi connectivity index (χ2v) is 6.61. The first-order valence-electron chi connectivity index (χ1n) is 8.28. The zero-order valence-electron chi connectivity index (χ0n) is 13.8. The van der Waals surface area contributed by atoms with Crippen LogP contribution >= 0.6 is 0 Å². The van der Waals surface area contributed by atoms with Gasteiger partial charge in [0.1, 0.15) is 12.1 Å². The molecule has 0 aromatic heterocycles. The van der Waals surface area contributed by atoms with Gasteiger partial charge in [-0.3, -0.25) is 29.4 Å². The monoisotopic (exact) mass is 356 g/mol. The molecule has 0 atom stereocenters. The Morgan fingerprint density at radius 1 is 1.00 bits per heavy atom. The van der Waals surface area contributed by atoms with E-state index in [0.29, 0.717) is 24.0 Å². The maximum Gasteiger partial charge on any atom is 0.322 e. The van der Waals surface area contributed by atoms with E-state index in [1.165, 1.54) is 4.90 Å². The molecule has 134 valence electrons. The molecule has 26 heavy (non-hydrogen) atoms. The van der Waals surface area contributed by atoms with E-state index in [-0.39, 0.29) is 31.4 Å². The summed E-state index contributed by atoms with van der Waals surface area (Å²) in [6.07, 6.45) is 0.580. The first kappa shape index (κ1) is 16.2. The van der Waals surface area contributed by atoms with Crippen LogP contribution < -0.4 is 10.6 Å². The average Bonchev–Trinajstić information content (AvgIpc) is 3.04. The lowest BCUT2D eigenvalue weighted by Crippen LogP contribution is -2.56. The number of likely N-dealkylation sites (tertiary alicyclic amines) is 1. The highest BCUT2D eigenvalue weighted by atomic mass is 16.2. The molecule has 3 heterocycles. The van der Waals surface area contributed by atoms with Crippen molar-refractivity contribution in [1.29, 1.82) is 0 Å². The van der Waals surface area contributed by atoms with Gasteiger partial charge in [0.05, 0.1) is 11.1 Å². The van der Waals surface area contributed by atoms with Crippen LogP contribution in [0.5, 0.6) is 0 Å². The SMILES string of the molecule is O=C1NC(=O)C2(CCN(C(=O)CN3C(=O)c4ccccc4C3=O)CC2)N1. The number of amides is 6. The molecule has 0 radical (unpaired) electrons. The summed E-state index contributed by atoms with van der Waals surface area (Å²) < 4.78 is 0. The third-order valence-corrected chi connectivity index (χ3v) is 5.16. The Labute approximate surface area is 148 Å². The van der Waals surface area contributed by atoms with E-state index >= 15 is 0 Å². The van der Waals surface area contributed by atoms with Crippen LogP contribution in [-0.2, 0) is 9.59 Å². The predicted molar refractivity (Wildman–Crippen MR) is 87.0 cm³/mol. The molecular formula is C17H16N4O5. The van der Waals surface area contributed by atoms with Gasteiger partial charge in [-0.1, -0.05) is 12.1 Å². The number of urea groups is 1. The number of nitrogens with one attached hydrogen (secondary N) is 2. The molecule has 9 nitrogen and oxygen atoms in total. The number of rotatable bonds is 2. The number of fused-ring (bicyclic) bond motifs is 1. The minimum Gasteiger partial charge on any atom is -0.341 e. The molecule has 9 heteroatoms. The molecule has 4 rings (SSSR count). The molecule has 3 aliphatic rings. The maximum atomic E-state index is 12.5. The summed E-state index contributed by atoms with van der Waals surface area (Å²) in [4.78, 5) is 63.0. The van der Waals surface area contributed by atoms with Crippen molar-refractivity contribution < 1.29 is 24.0 Å². The van der Waals surface area contributed by atoms with Crippen molar-refractivity contribution in [3.63, 3.8) is 0 Å². The number of hydrogen-bond acceptors (Lipinski definition) is 5. The zero-order chi connectivity index (χ0) is 18.5. The minimum atomic E-state index is -0.969. The summed E-state index contributed by atoms with van der Waals surface area (Å²) in [5.74, 6) is -1.70. The Hall–Kier alpha value is -3.23. The molecule has 1 aromatic carbocycles. The number of nitrogens with zero attached hydrogens (tertiary/aromatic N) is 2. The van der Waals surface area contributed by atoms with Crippen molar-refractivity contribution in [3.8, 4) is 0 Å². The summed E-state index contributed by atoms with van der Waals surface area (Å²) >= 11 is 0. The van der Waals surface area contributed by atoms with E-state index in [9.17, 15) is 24.0 Å². The van der Waals surface area contributed by atoms with Crippen molar-refractivity contribution in [3.05, 3.63) is 35.4 Å². The van der Waals surface area contributed by atoms with Gasteiger partial charge < -0.3 is 10.2 Å². The molecule has 6 amide bonds. The van der Waals surface area contributed by atoms with E-state index in [1.807, 2.05) is 0 Å². The summed E-state index contributed by atoms with van der Waals surface area (Å²) in [6.45, 7) is 0.184. The second-order valence-electron chi connectivity index (χ2n) is 6.61. The topological polar surface area (TPSA) is 116 Å². The Morgan fingerprint density at radius 3 is 2.08 bits per heavy atom. The molecule has 0 saturated carbocycles. The van der Waals surface area contributed by atoms with Crippen LogP contribution in [0.2, 0.25) is 0 Å². The molecule has 0 unspecified atom stereocenters. The smallest absolute Gasteiger partial charge is 0.322 e. The van der Waals surface area contributed by atoms with Crippen molar-refractivity contribution in [1.82, 2.24) is 20.4 Å². The van der Waals surface area contributed by atoms with Crippen molar-refractivity contribution >= 4 is 29.7 Å². The van der Waals surface area contributed by atoms with Gasteiger partial charge in [0.2, 0.25) is 5.91 Å². The minimum absolute atomic E-state index is 0.260. The largest absolute Gasteiger partial charge is 0.341 e. The highest BCUT2D eigenvalue weighted by molar-refractivity contribution is 6.22. The summed E-state index contributed by atoms with van der Waals surface area (Å²) in [7, 11) is 0. The lowest BCUT2D eigenvalue weighted by molar-refractivity contribution is -0.136. The van der Waals surface area contributed by atoms with Crippen LogP contribution in [0.15, 0.2) is 24.3 Å². The maximum absolute atomic E-state index is 12.5. The first-order chi connectivity index (χ1) is 12.4. The summed E-state index contributed by atoms with van der Waals surface area (Å²) in [5.41, 5.74) is -0.370. The van der Waals surface area contributed by atoms with Crippen molar-refractivity contribution in [2.24, 2.45) is 0 Å². The standard InChI is InChI=1S/C17H16N4O5/c22-12(9-21-13(23)10-3-1-2-4-11(10)14(21)24)20-7-5-17(6-8-20)15(25)18-16(26)19-17/h1-4H,5-9H2,(H2,18,19,25,26). The number of hydrogen-bond donors (Lipinski definition) is 2. The van der Waals surface area contributed by atoms with Crippen molar-refractivity contribution in [2.45, 2.75) is 18.4 Å². The molecular weight excluding hydrogens is 340 g/mol. The lowest BCUT2D eigenvalue weighted by atomic mass is 9.87. The Bertz CT molecular complexity index is 821. The fourth-order valence-electron chi connectivity index (χ4n) is 3.64. The van der Waals surface area contributed by atoms with Gasteiger partial charge in [0.15, 0.2) is 0 Å². The van der Waals surface area contributed by atoms with Crippen LogP contribution in [0.3, 0.4) is 0 Å². The van der Waals surface area contributed by atoms with Crippen LogP contribution in [0.25, 0.3) is 0 Å². The Morgan fingerprint density at radius 2 is 1.58 bits per heavy atom. The predicted octanol–water partition coefficient (Wildman–Crippen LogP) is -0.517. The zero-order valence-corrected chi connectivity index (χ0v) is 13.8. The van der Waals surface area contributed by atoms with Crippen LogP contribution in [0.1, 0.15) is 33.6 Å². The Balaban J connectivity index is 1.41. The van der Waals surface area contributed by atoms with Crippen molar-refractivity contribution in [2.75, 3.05) is 19.6 Å². The normalized spacial score (nSPS) is 21.1. The highest BCUT2D eigenvalue weighted by Gasteiger charge is 2.48. The lowest BCUT2D eigenvalue weighted by Gasteiger charge is -2.37. The van der Waals surface area contributed by atoms with E-state index < -0.39 is 23.4 Å². The van der Waals surface area contributed by atoms with Crippen LogP contribution in [0.4, 0.5) is 4.79 Å². The number of imide groups is 2. The van der Waals surface area contributed by atoms with E-state index in [4.69, 9.17) is 0 Å². The second kappa shape index (κ2) is 5.65. The summed E-state index contributed by atoms with van der Waals surface area (Å²) in [5, 5.41) is 4.83. The first-order valence-corrected chi connectivity index (χ1v) is 8.28. The molecule has 3 aliphatic heterocycles. The Kier molecular flexibility index (Phi) is 3.53. The van der Waals surface area contributed by atoms with Gasteiger partial charge in [0.25, 0.3) is 17.7 Å². The molecule has 1 spiro atoms.